The molecule has 0 spiro atoms. The number of ether oxygens (including phenoxy) is 3. The van der Waals surface area contributed by atoms with Crippen molar-refractivity contribution in [2.24, 2.45) is 0 Å². The van der Waals surface area contributed by atoms with Crippen LogP contribution in [0.25, 0.3) is 6.08 Å². The standard InChI is InChI=1S/C27H28N2O7/c1-18-23(26(30)35-14-8-11-20-9-5-4-6-10-20)25(21-12-7-13-22(17-21)29(32)33)24(19(2)28-18)27(31)36-16-15-34-3/h4-13,17,25,28H,14-16H2,1-3H3/b11-8-. The SMILES string of the molecule is COCCOC(=O)C1=C(C)NC(C)=C(C(=O)OC/C=C\c2ccccc2)C1c1cccc([N+](=O)[O-])c1. The van der Waals surface area contributed by atoms with Gasteiger partial charge in [-0.2, -0.15) is 0 Å². The Morgan fingerprint density at radius 3 is 2.28 bits per heavy atom. The lowest BCUT2D eigenvalue weighted by Gasteiger charge is -2.30. The van der Waals surface area contributed by atoms with Crippen LogP contribution in [0, 0.1) is 10.1 Å². The van der Waals surface area contributed by atoms with Crippen molar-refractivity contribution in [2.75, 3.05) is 26.9 Å². The third kappa shape index (κ3) is 6.45. The van der Waals surface area contributed by atoms with Crippen molar-refractivity contribution in [1.29, 1.82) is 0 Å². The molecule has 36 heavy (non-hydrogen) atoms. The Kier molecular flexibility index (Phi) is 9.13. The van der Waals surface area contributed by atoms with Crippen LogP contribution in [0.1, 0.15) is 30.9 Å². The molecule has 0 aliphatic carbocycles. The van der Waals surface area contributed by atoms with Gasteiger partial charge in [-0.05, 0) is 31.1 Å². The first kappa shape index (κ1) is 26.4. The Balaban J connectivity index is 1.94. The zero-order chi connectivity index (χ0) is 26.1. The van der Waals surface area contributed by atoms with Gasteiger partial charge in [-0.15, -0.1) is 0 Å². The Morgan fingerprint density at radius 2 is 1.64 bits per heavy atom. The van der Waals surface area contributed by atoms with E-state index in [1.807, 2.05) is 36.4 Å². The highest BCUT2D eigenvalue weighted by atomic mass is 16.6. The normalized spacial score (nSPS) is 15.6. The van der Waals surface area contributed by atoms with Crippen LogP contribution in [0.15, 0.2) is 83.2 Å². The van der Waals surface area contributed by atoms with Crippen LogP contribution >= 0.6 is 0 Å². The molecule has 0 aromatic heterocycles. The van der Waals surface area contributed by atoms with Gasteiger partial charge in [-0.3, -0.25) is 10.1 Å². The summed E-state index contributed by atoms with van der Waals surface area (Å²) >= 11 is 0. The van der Waals surface area contributed by atoms with Crippen LogP contribution in [-0.2, 0) is 23.8 Å². The molecule has 1 heterocycles. The Labute approximate surface area is 209 Å². The van der Waals surface area contributed by atoms with Gasteiger partial charge in [0, 0.05) is 30.6 Å². The molecule has 0 saturated carbocycles. The highest BCUT2D eigenvalue weighted by Gasteiger charge is 2.38. The number of dihydropyridines is 1. The third-order valence-corrected chi connectivity index (χ3v) is 5.56. The van der Waals surface area contributed by atoms with Gasteiger partial charge in [0.25, 0.3) is 5.69 Å². The fourth-order valence-electron chi connectivity index (χ4n) is 3.93. The summed E-state index contributed by atoms with van der Waals surface area (Å²) in [6.45, 7) is 3.59. The van der Waals surface area contributed by atoms with Gasteiger partial charge in [0.2, 0.25) is 0 Å². The number of nitrogens with one attached hydrogen (secondary N) is 1. The number of allylic oxidation sites excluding steroid dienone is 2. The minimum atomic E-state index is -0.924. The lowest BCUT2D eigenvalue weighted by Crippen LogP contribution is -2.32. The van der Waals surface area contributed by atoms with E-state index in [0.29, 0.717) is 17.0 Å². The van der Waals surface area contributed by atoms with E-state index in [-0.39, 0.29) is 36.7 Å². The minimum Gasteiger partial charge on any atom is -0.460 e. The molecule has 0 radical (unpaired) electrons. The minimum absolute atomic E-state index is 0.00246. The summed E-state index contributed by atoms with van der Waals surface area (Å²) in [7, 11) is 1.48. The summed E-state index contributed by atoms with van der Waals surface area (Å²) < 4.78 is 15.8. The lowest BCUT2D eigenvalue weighted by molar-refractivity contribution is -0.384. The third-order valence-electron chi connectivity index (χ3n) is 5.56. The predicted octanol–water partition coefficient (Wildman–Crippen LogP) is 4.28. The van der Waals surface area contributed by atoms with E-state index >= 15 is 0 Å². The molecule has 1 aliphatic heterocycles. The number of non-ortho nitro benzene ring substituents is 1. The maximum absolute atomic E-state index is 13.3. The highest BCUT2D eigenvalue weighted by molar-refractivity contribution is 6.00. The number of hydrogen-bond donors (Lipinski definition) is 1. The summed E-state index contributed by atoms with van der Waals surface area (Å²) in [5.41, 5.74) is 2.50. The average molecular weight is 493 g/mol. The van der Waals surface area contributed by atoms with Crippen LogP contribution in [0.4, 0.5) is 5.69 Å². The maximum atomic E-state index is 13.3. The van der Waals surface area contributed by atoms with E-state index in [2.05, 4.69) is 5.32 Å². The Morgan fingerprint density at radius 1 is 0.972 bits per heavy atom. The van der Waals surface area contributed by atoms with Crippen molar-refractivity contribution < 1.29 is 28.7 Å². The Hall–Kier alpha value is -4.24. The summed E-state index contributed by atoms with van der Waals surface area (Å²) in [5, 5.41) is 14.5. The second-order valence-corrected chi connectivity index (χ2v) is 8.03. The molecular weight excluding hydrogens is 464 g/mol. The molecule has 1 atom stereocenters. The van der Waals surface area contributed by atoms with Crippen LogP contribution in [0.3, 0.4) is 0 Å². The van der Waals surface area contributed by atoms with Crippen molar-refractivity contribution in [1.82, 2.24) is 5.32 Å². The number of rotatable bonds is 10. The fourth-order valence-corrected chi connectivity index (χ4v) is 3.93. The molecule has 2 aromatic rings. The average Bonchev–Trinajstić information content (AvgIpc) is 2.86. The highest BCUT2D eigenvalue weighted by Crippen LogP contribution is 2.40. The first-order chi connectivity index (χ1) is 17.3. The number of methoxy groups -OCH3 is 1. The molecule has 0 fully saturated rings. The van der Waals surface area contributed by atoms with E-state index in [9.17, 15) is 19.7 Å². The van der Waals surface area contributed by atoms with E-state index in [0.717, 1.165) is 5.56 Å². The molecule has 9 nitrogen and oxygen atoms in total. The zero-order valence-corrected chi connectivity index (χ0v) is 20.4. The number of nitrogens with zero attached hydrogens (tertiary/aromatic N) is 1. The van der Waals surface area contributed by atoms with Crippen molar-refractivity contribution in [3.05, 3.63) is 104 Å². The molecule has 188 valence electrons. The van der Waals surface area contributed by atoms with Gasteiger partial charge >= 0.3 is 11.9 Å². The van der Waals surface area contributed by atoms with Gasteiger partial charge in [0.1, 0.15) is 13.2 Å². The fraction of sp³-hybridized carbons (Fsp3) is 0.259. The van der Waals surface area contributed by atoms with Crippen molar-refractivity contribution in [2.45, 2.75) is 19.8 Å². The molecule has 0 amide bonds. The molecular formula is C27H28N2O7. The second kappa shape index (κ2) is 12.5. The quantitative estimate of drug-likeness (QED) is 0.226. The second-order valence-electron chi connectivity index (χ2n) is 8.03. The largest absolute Gasteiger partial charge is 0.460 e. The number of carbonyl (C=O) groups excluding carboxylic acids is 2. The number of nitro benzene ring substituents is 1. The zero-order valence-electron chi connectivity index (χ0n) is 20.4. The molecule has 3 rings (SSSR count). The number of carbonyl (C=O) groups is 2. The van der Waals surface area contributed by atoms with Crippen LogP contribution in [-0.4, -0.2) is 43.8 Å². The van der Waals surface area contributed by atoms with E-state index < -0.39 is 22.8 Å². The van der Waals surface area contributed by atoms with Crippen molar-refractivity contribution in [3.8, 4) is 0 Å². The number of hydrogen-bond acceptors (Lipinski definition) is 8. The summed E-state index contributed by atoms with van der Waals surface area (Å²) in [4.78, 5) is 37.3. The first-order valence-corrected chi connectivity index (χ1v) is 11.3. The van der Waals surface area contributed by atoms with Crippen LogP contribution in [0.5, 0.6) is 0 Å². The van der Waals surface area contributed by atoms with Crippen molar-refractivity contribution in [3.63, 3.8) is 0 Å². The lowest BCUT2D eigenvalue weighted by atomic mass is 9.80. The van der Waals surface area contributed by atoms with Gasteiger partial charge in [-0.1, -0.05) is 48.5 Å². The van der Waals surface area contributed by atoms with Gasteiger partial charge in [0.05, 0.1) is 28.6 Å². The van der Waals surface area contributed by atoms with Crippen LogP contribution < -0.4 is 5.32 Å². The monoisotopic (exact) mass is 492 g/mol. The first-order valence-electron chi connectivity index (χ1n) is 11.3. The molecule has 0 bridgehead atoms. The van der Waals surface area contributed by atoms with Gasteiger partial charge < -0.3 is 19.5 Å². The van der Waals surface area contributed by atoms with E-state index in [4.69, 9.17) is 14.2 Å². The van der Waals surface area contributed by atoms with E-state index in [1.165, 1.54) is 25.3 Å². The summed E-state index contributed by atoms with van der Waals surface area (Å²) in [6.07, 6.45) is 3.54. The maximum Gasteiger partial charge on any atom is 0.337 e. The summed E-state index contributed by atoms with van der Waals surface area (Å²) in [5.74, 6) is -2.23. The molecule has 2 aromatic carbocycles. The molecule has 1 aliphatic rings. The number of benzene rings is 2. The van der Waals surface area contributed by atoms with Gasteiger partial charge in [-0.25, -0.2) is 9.59 Å². The number of esters is 2. The van der Waals surface area contributed by atoms with Crippen molar-refractivity contribution >= 4 is 23.7 Å². The summed E-state index contributed by atoms with van der Waals surface area (Å²) in [6, 6.07) is 15.4. The molecule has 9 heteroatoms. The molecule has 0 saturated heterocycles. The smallest absolute Gasteiger partial charge is 0.337 e. The van der Waals surface area contributed by atoms with Gasteiger partial charge in [0.15, 0.2) is 0 Å². The predicted molar refractivity (Wildman–Crippen MR) is 134 cm³/mol. The molecule has 1 unspecified atom stereocenters. The molecule has 1 N–H and O–H groups in total. The van der Waals surface area contributed by atoms with E-state index in [1.54, 1.807) is 26.0 Å². The number of nitro groups is 1. The Bertz CT molecular complexity index is 1220. The van der Waals surface area contributed by atoms with Crippen LogP contribution in [0.2, 0.25) is 0 Å². The topological polar surface area (TPSA) is 117 Å².